The van der Waals surface area contributed by atoms with Gasteiger partial charge in [0.15, 0.2) is 0 Å². The van der Waals surface area contributed by atoms with E-state index < -0.39 is 152 Å². The Hall–Kier alpha value is -7.51. The number of aliphatic hydroxyl groups excluding tert-OH is 4. The highest BCUT2D eigenvalue weighted by Crippen LogP contribution is 2.49. The Morgan fingerprint density at radius 1 is 0.446 bits per heavy atom. The third-order valence-corrected chi connectivity index (χ3v) is 23.7. The second kappa shape index (κ2) is 34.1. The van der Waals surface area contributed by atoms with Crippen molar-refractivity contribution in [1.29, 1.82) is 0 Å². The summed E-state index contributed by atoms with van der Waals surface area (Å²) in [5, 5.41) is 43.9. The average molecular weight is 1580 g/mol. The quantitative estimate of drug-likeness (QED) is 0.0292. The fourth-order valence-electron chi connectivity index (χ4n) is 17.9. The molecule has 606 valence electrons. The van der Waals surface area contributed by atoms with Gasteiger partial charge < -0.3 is 50.1 Å². The molecule has 6 aliphatic rings. The predicted octanol–water partition coefficient (Wildman–Crippen LogP) is 16.8. The number of hydrogen-bond acceptors (Lipinski definition) is 10. The molecule has 9 aromatic rings. The van der Waals surface area contributed by atoms with Gasteiger partial charge in [-0.2, -0.15) is 13.2 Å². The van der Waals surface area contributed by atoms with Crippen LogP contribution in [0.2, 0.25) is 0 Å². The maximum absolute atomic E-state index is 15.8. The van der Waals surface area contributed by atoms with Crippen LogP contribution in [0.25, 0.3) is 32.7 Å². The third kappa shape index (κ3) is 17.1. The van der Waals surface area contributed by atoms with Gasteiger partial charge in [-0.1, -0.05) is 63.1 Å². The Morgan fingerprint density at radius 3 is 1.14 bits per heavy atom. The van der Waals surface area contributed by atoms with Crippen molar-refractivity contribution in [1.82, 2.24) is 44.4 Å². The first-order chi connectivity index (χ1) is 53.4. The second-order valence-corrected chi connectivity index (χ2v) is 31.6. The molecule has 6 aromatic carbocycles. The van der Waals surface area contributed by atoms with Gasteiger partial charge in [0.1, 0.15) is 47.3 Å². The molecular weight excluding hydrogens is 1480 g/mol. The first-order valence-electron chi connectivity index (χ1n) is 38.7. The van der Waals surface area contributed by atoms with Crippen molar-refractivity contribution in [2.45, 2.75) is 159 Å². The normalized spacial score (nSPS) is 22.1. The number of aliphatic hydroxyl groups is 4. The number of fused-ring (bicyclic) bond motifs is 9. The molecule has 0 unspecified atom stereocenters. The van der Waals surface area contributed by atoms with Crippen LogP contribution in [-0.4, -0.2) is 193 Å². The van der Waals surface area contributed by atoms with Crippen molar-refractivity contribution < 1.29 is 86.3 Å². The number of H-pyrrole nitrogens is 3. The van der Waals surface area contributed by atoms with E-state index in [9.17, 15) is 59.9 Å². The van der Waals surface area contributed by atoms with Crippen LogP contribution in [0.5, 0.6) is 0 Å². The summed E-state index contributed by atoms with van der Waals surface area (Å²) in [7, 11) is 0. The molecule has 15 rings (SSSR count). The van der Waals surface area contributed by atoms with Gasteiger partial charge in [-0.05, 0) is 172 Å². The average Bonchev–Trinajstić information content (AvgIpc) is 1.53. The van der Waals surface area contributed by atoms with Crippen LogP contribution in [0.3, 0.4) is 0 Å². The fourth-order valence-corrected chi connectivity index (χ4v) is 17.9. The minimum absolute atomic E-state index is 0.101. The van der Waals surface area contributed by atoms with Crippen LogP contribution < -0.4 is 0 Å². The molecule has 3 aromatic heterocycles. The van der Waals surface area contributed by atoms with E-state index in [-0.39, 0.29) is 52.5 Å². The van der Waals surface area contributed by atoms with Crippen LogP contribution >= 0.6 is 0 Å². The minimum atomic E-state index is -4.55. The molecule has 13 nitrogen and oxygen atoms in total. The number of hydrogen-bond donors (Lipinski definition) is 7. The number of aromatic amines is 3. The number of alkyl halides is 8. The van der Waals surface area contributed by atoms with Crippen molar-refractivity contribution in [3.8, 4) is 0 Å². The Labute approximate surface area is 640 Å². The zero-order valence-corrected chi connectivity index (χ0v) is 63.0. The van der Waals surface area contributed by atoms with Crippen molar-refractivity contribution in [2.24, 2.45) is 17.8 Å². The zero-order valence-electron chi connectivity index (χ0n) is 63.0. The molecular formula is C84H96F15N9O4. The summed E-state index contributed by atoms with van der Waals surface area (Å²) >= 11 is 0. The predicted molar refractivity (Wildman–Crippen MR) is 398 cm³/mol. The molecule has 3 fully saturated rings. The van der Waals surface area contributed by atoms with Crippen LogP contribution in [0.4, 0.5) is 65.9 Å². The number of rotatable bonds is 24. The first kappa shape index (κ1) is 82.5. The van der Waals surface area contributed by atoms with Gasteiger partial charge >= 0.3 is 6.18 Å². The number of nitrogens with zero attached hydrogens (tertiary/aromatic N) is 6. The number of para-hydroxylation sites is 2. The van der Waals surface area contributed by atoms with E-state index in [0.717, 1.165) is 107 Å². The van der Waals surface area contributed by atoms with Crippen molar-refractivity contribution >= 4 is 32.7 Å². The Bertz CT molecular complexity index is 4700. The van der Waals surface area contributed by atoms with E-state index in [1.165, 1.54) is 28.0 Å². The maximum atomic E-state index is 15.8. The van der Waals surface area contributed by atoms with Gasteiger partial charge in [-0.15, -0.1) is 0 Å². The zero-order chi connectivity index (χ0) is 80.1. The summed E-state index contributed by atoms with van der Waals surface area (Å²) in [6.07, 6.45) is -4.76. The number of aromatic nitrogens is 3. The summed E-state index contributed by atoms with van der Waals surface area (Å²) < 4.78 is 218. The van der Waals surface area contributed by atoms with E-state index >= 15 is 26.3 Å². The molecule has 9 atom stereocenters. The van der Waals surface area contributed by atoms with Crippen molar-refractivity contribution in [2.75, 3.05) is 91.8 Å². The second-order valence-electron chi connectivity index (χ2n) is 31.6. The summed E-state index contributed by atoms with van der Waals surface area (Å²) in [5.74, 6) is -10.1. The standard InChI is InChI=1S/C29H34F5N3O2.C28H32F5N3O.C27H30F5N3O/c1-3-4-7-36-12-18(13-36)28(39)17-9-22(31)25(23(32)10-17)27-26-21(20-11-19(30)5-6-24(20)35-26)8-16(2)37(27)14-29(33,34)15-38;1-3-4-9-35-13-18(14-35)27(37)17-11-21(29)24(22(30)12-17)26-25-20(19-7-5-6-8-23(19)34-25)10-16(2)36(26)15-28(31,32)33;1-15-9-19-18-5-2-3-6-22(18)33-25(19)26(35(15)14-23(31)32)24-20(29)10-16(11-21(24)30)27(36)17-12-34(13-17)8-4-7-28/h5-6,9-11,16,18,27-28,35,38-39H,3-4,7-8,12-15H2,1-2H3;5-8,11-12,16,18,26-27,34,37H,3-4,9-10,13-15H2,1-2H3;2-3,5-6,10-11,15,17,23,26-27,33,36H,4,7-9,12-14H2,1H3/t16-,27-,28-;16-,26-,27-;15-,26-,27-/m111/s1. The lowest BCUT2D eigenvalue weighted by Crippen LogP contribution is -2.50. The lowest BCUT2D eigenvalue weighted by atomic mass is 9.85. The Kier molecular flexibility index (Phi) is 25.1. The highest BCUT2D eigenvalue weighted by atomic mass is 19.4. The number of halogens is 15. The SMILES string of the molecule is CCCCN1CC([C@H](O)c2cc(F)c([C@@H]3c4[nH]c5ccc(F)cc5c4C[C@@H](C)N3CC(F)(F)CO)c(F)c2)C1.CCCCN1CC([C@H](O)c2cc(F)c([C@@H]3c4[nH]c5ccccc5c4C[C@@H](C)N3CC(F)(F)F)c(F)c2)C1.C[C@@H]1Cc2c([nH]c3ccccc23)[C@@H](c2c(F)cc([C@@H](O)C3CN(CCCF)C3)cc2F)N1CC(F)F. The fraction of sp³-hybridized carbons (Fsp3) is 0.500. The van der Waals surface area contributed by atoms with Crippen LogP contribution in [-0.2, 0) is 19.3 Å². The van der Waals surface area contributed by atoms with E-state index in [1.807, 2.05) is 41.3 Å². The molecule has 3 saturated heterocycles. The molecule has 0 aliphatic carbocycles. The van der Waals surface area contributed by atoms with Crippen LogP contribution in [0, 0.1) is 58.5 Å². The van der Waals surface area contributed by atoms with E-state index in [1.54, 1.807) is 32.9 Å². The number of nitrogens with one attached hydrogen (secondary N) is 3. The minimum Gasteiger partial charge on any atom is -0.390 e. The summed E-state index contributed by atoms with van der Waals surface area (Å²) in [5.41, 5.74) is 4.64. The highest BCUT2D eigenvalue weighted by Gasteiger charge is 2.48. The van der Waals surface area contributed by atoms with Crippen molar-refractivity contribution in [3.63, 3.8) is 0 Å². The van der Waals surface area contributed by atoms with Gasteiger partial charge in [-0.3, -0.25) is 19.1 Å². The smallest absolute Gasteiger partial charge is 0.390 e. The van der Waals surface area contributed by atoms with Gasteiger partial charge in [0.2, 0.25) is 0 Å². The Balaban J connectivity index is 0.000000147. The van der Waals surface area contributed by atoms with Gasteiger partial charge in [-0.25, -0.2) is 48.3 Å². The summed E-state index contributed by atoms with van der Waals surface area (Å²) in [4.78, 5) is 19.7. The number of likely N-dealkylation sites (tertiary alicyclic amines) is 3. The molecule has 28 heteroatoms. The van der Waals surface area contributed by atoms with Crippen LogP contribution in [0.15, 0.2) is 103 Å². The molecule has 0 spiro atoms. The van der Waals surface area contributed by atoms with E-state index in [4.69, 9.17) is 0 Å². The first-order valence-corrected chi connectivity index (χ1v) is 38.7. The lowest BCUT2D eigenvalue weighted by molar-refractivity contribution is -0.155. The van der Waals surface area contributed by atoms with E-state index in [2.05, 4.69) is 38.6 Å². The highest BCUT2D eigenvalue weighted by molar-refractivity contribution is 5.87. The topological polar surface area (TPSA) is 148 Å². The van der Waals surface area contributed by atoms with Crippen LogP contribution in [0.1, 0.15) is 170 Å². The molecule has 0 bridgehead atoms. The van der Waals surface area contributed by atoms with Gasteiger partial charge in [0.05, 0.1) is 62.7 Å². The molecule has 0 radical (unpaired) electrons. The van der Waals surface area contributed by atoms with Gasteiger partial charge in [0, 0.05) is 148 Å². The van der Waals surface area contributed by atoms with Gasteiger partial charge in [0.25, 0.3) is 12.3 Å². The molecule has 9 heterocycles. The number of unbranched alkanes of at least 4 members (excludes halogenated alkanes) is 2. The molecule has 7 N–H and O–H groups in total. The number of benzene rings is 6. The molecule has 0 amide bonds. The summed E-state index contributed by atoms with van der Waals surface area (Å²) in [6.45, 7) is 10.6. The van der Waals surface area contributed by atoms with Crippen molar-refractivity contribution in [3.05, 3.63) is 211 Å². The van der Waals surface area contributed by atoms with E-state index in [0.29, 0.717) is 104 Å². The molecule has 0 saturated carbocycles. The summed E-state index contributed by atoms with van der Waals surface area (Å²) in [6, 6.07) is 20.3. The largest absolute Gasteiger partial charge is 0.401 e. The monoisotopic (exact) mass is 1580 g/mol. The third-order valence-electron chi connectivity index (χ3n) is 23.7. The molecule has 6 aliphatic heterocycles. The maximum Gasteiger partial charge on any atom is 0.401 e. The Morgan fingerprint density at radius 2 is 0.786 bits per heavy atom. The molecule has 112 heavy (non-hydrogen) atoms. The lowest BCUT2D eigenvalue weighted by Gasteiger charge is -2.43.